The molecule has 120 valence electrons. The van der Waals surface area contributed by atoms with E-state index in [9.17, 15) is 14.0 Å². The zero-order valence-electron chi connectivity index (χ0n) is 12.8. The number of amides is 1. The number of rotatable bonds is 5. The van der Waals surface area contributed by atoms with E-state index in [0.717, 1.165) is 4.90 Å². The molecule has 1 amide bonds. The summed E-state index contributed by atoms with van der Waals surface area (Å²) in [7, 11) is 1.31. The highest BCUT2D eigenvalue weighted by atomic mass is 32.2. The summed E-state index contributed by atoms with van der Waals surface area (Å²) in [5, 5.41) is 2.77. The molecule has 0 saturated heterocycles. The average molecular weight is 333 g/mol. The molecule has 0 fully saturated rings. The lowest BCUT2D eigenvalue weighted by molar-refractivity contribution is -0.113. The number of ether oxygens (including phenoxy) is 1. The van der Waals surface area contributed by atoms with Crippen LogP contribution in [0.4, 0.5) is 10.1 Å². The molecule has 6 heteroatoms. The Balaban J connectivity index is 2.00. The van der Waals surface area contributed by atoms with Gasteiger partial charge in [-0.05, 0) is 48.9 Å². The van der Waals surface area contributed by atoms with Gasteiger partial charge in [-0.25, -0.2) is 9.18 Å². The van der Waals surface area contributed by atoms with Crippen LogP contribution in [0.25, 0.3) is 0 Å². The molecule has 0 aliphatic carbocycles. The molecule has 2 aromatic carbocycles. The molecule has 0 bridgehead atoms. The third kappa shape index (κ3) is 4.56. The lowest BCUT2D eigenvalue weighted by atomic mass is 10.1. The monoisotopic (exact) mass is 333 g/mol. The van der Waals surface area contributed by atoms with Gasteiger partial charge >= 0.3 is 5.97 Å². The number of thioether (sulfide) groups is 1. The van der Waals surface area contributed by atoms with E-state index in [1.807, 2.05) is 0 Å². The van der Waals surface area contributed by atoms with Crippen molar-refractivity contribution >= 4 is 29.3 Å². The first kappa shape index (κ1) is 17.0. The van der Waals surface area contributed by atoms with Crippen LogP contribution in [0.1, 0.15) is 15.9 Å². The van der Waals surface area contributed by atoms with E-state index in [1.165, 1.54) is 31.0 Å². The molecule has 0 spiro atoms. The first-order valence-corrected chi connectivity index (χ1v) is 7.86. The van der Waals surface area contributed by atoms with Crippen molar-refractivity contribution < 1.29 is 18.7 Å². The van der Waals surface area contributed by atoms with E-state index >= 15 is 0 Å². The molecule has 4 nitrogen and oxygen atoms in total. The van der Waals surface area contributed by atoms with Crippen LogP contribution in [0.3, 0.4) is 0 Å². The number of nitrogens with one attached hydrogen (secondary N) is 1. The van der Waals surface area contributed by atoms with Crippen LogP contribution in [0.5, 0.6) is 0 Å². The maximum atomic E-state index is 12.8. The van der Waals surface area contributed by atoms with Crippen molar-refractivity contribution in [3.05, 3.63) is 59.4 Å². The van der Waals surface area contributed by atoms with Gasteiger partial charge in [0, 0.05) is 10.6 Å². The van der Waals surface area contributed by atoms with E-state index in [2.05, 4.69) is 5.32 Å². The zero-order valence-corrected chi connectivity index (χ0v) is 13.6. The zero-order chi connectivity index (χ0) is 16.8. The van der Waals surface area contributed by atoms with E-state index in [1.54, 1.807) is 37.3 Å². The lowest BCUT2D eigenvalue weighted by Gasteiger charge is -2.11. The predicted octanol–water partition coefficient (Wildman–Crippen LogP) is 3.65. The Morgan fingerprint density at radius 3 is 2.52 bits per heavy atom. The van der Waals surface area contributed by atoms with E-state index in [0.29, 0.717) is 16.8 Å². The second-order valence-corrected chi connectivity index (χ2v) is 5.81. The molecule has 0 saturated carbocycles. The van der Waals surface area contributed by atoms with Crippen molar-refractivity contribution in [3.63, 3.8) is 0 Å². The Bertz CT molecular complexity index is 716. The fraction of sp³-hybridized carbons (Fsp3) is 0.176. The number of benzene rings is 2. The van der Waals surface area contributed by atoms with Crippen molar-refractivity contribution in [2.75, 3.05) is 18.2 Å². The summed E-state index contributed by atoms with van der Waals surface area (Å²) in [5.74, 6) is -0.772. The maximum absolute atomic E-state index is 12.8. The highest BCUT2D eigenvalue weighted by Crippen LogP contribution is 2.22. The molecule has 0 radical (unpaired) electrons. The van der Waals surface area contributed by atoms with E-state index < -0.39 is 5.97 Å². The predicted molar refractivity (Wildman–Crippen MR) is 88.3 cm³/mol. The van der Waals surface area contributed by atoms with E-state index in [-0.39, 0.29) is 17.5 Å². The van der Waals surface area contributed by atoms with Gasteiger partial charge in [0.1, 0.15) is 5.82 Å². The minimum absolute atomic E-state index is 0.188. The average Bonchev–Trinajstić information content (AvgIpc) is 2.55. The highest BCUT2D eigenvalue weighted by molar-refractivity contribution is 8.00. The van der Waals surface area contributed by atoms with Crippen LogP contribution in [-0.4, -0.2) is 24.7 Å². The molecular weight excluding hydrogens is 317 g/mol. The summed E-state index contributed by atoms with van der Waals surface area (Å²) in [6.45, 7) is 1.75. The second kappa shape index (κ2) is 7.78. The number of carbonyl (C=O) groups excluding carboxylic acids is 2. The number of hydrogen-bond donors (Lipinski definition) is 1. The van der Waals surface area contributed by atoms with Gasteiger partial charge in [-0.15, -0.1) is 11.8 Å². The van der Waals surface area contributed by atoms with Crippen molar-refractivity contribution in [1.82, 2.24) is 0 Å². The molecule has 1 N–H and O–H groups in total. The summed E-state index contributed by atoms with van der Waals surface area (Å²) in [4.78, 5) is 24.5. The number of hydrogen-bond acceptors (Lipinski definition) is 4. The van der Waals surface area contributed by atoms with Crippen LogP contribution in [0, 0.1) is 12.7 Å². The molecule has 23 heavy (non-hydrogen) atoms. The Labute approximate surface area is 138 Å². The van der Waals surface area contributed by atoms with Crippen LogP contribution < -0.4 is 5.32 Å². The minimum Gasteiger partial charge on any atom is -0.465 e. The second-order valence-electron chi connectivity index (χ2n) is 4.76. The van der Waals surface area contributed by atoms with Gasteiger partial charge in [-0.1, -0.05) is 6.07 Å². The van der Waals surface area contributed by atoms with Crippen LogP contribution >= 0.6 is 11.8 Å². The van der Waals surface area contributed by atoms with Crippen LogP contribution in [-0.2, 0) is 9.53 Å². The van der Waals surface area contributed by atoms with Gasteiger partial charge in [0.15, 0.2) is 0 Å². The molecule has 0 aliphatic rings. The smallest absolute Gasteiger partial charge is 0.338 e. The minimum atomic E-state index is -0.445. The van der Waals surface area contributed by atoms with Crippen LogP contribution in [0.2, 0.25) is 0 Å². The largest absolute Gasteiger partial charge is 0.465 e. The summed E-state index contributed by atoms with van der Waals surface area (Å²) in [6, 6.07) is 11.0. The Kier molecular flexibility index (Phi) is 5.76. The van der Waals surface area contributed by atoms with Crippen molar-refractivity contribution in [3.8, 4) is 0 Å². The number of methoxy groups -OCH3 is 1. The molecular formula is C17H16FNO3S. The fourth-order valence-corrected chi connectivity index (χ4v) is 2.67. The first-order chi connectivity index (χ1) is 11.0. The fourth-order valence-electron chi connectivity index (χ4n) is 1.97. The molecule has 0 aromatic heterocycles. The quantitative estimate of drug-likeness (QED) is 0.670. The SMILES string of the molecule is COC(=O)c1cccc(NC(=O)CSc2ccc(F)cc2)c1C. The third-order valence-electron chi connectivity index (χ3n) is 3.20. The molecule has 2 rings (SSSR count). The van der Waals surface area contributed by atoms with Gasteiger partial charge in [0.05, 0.1) is 18.4 Å². The number of carbonyl (C=O) groups is 2. The van der Waals surface area contributed by atoms with Crippen molar-refractivity contribution in [1.29, 1.82) is 0 Å². The molecule has 0 aliphatic heterocycles. The summed E-state index contributed by atoms with van der Waals surface area (Å²) >= 11 is 1.31. The summed E-state index contributed by atoms with van der Waals surface area (Å²) in [6.07, 6.45) is 0. The summed E-state index contributed by atoms with van der Waals surface area (Å²) in [5.41, 5.74) is 1.63. The van der Waals surface area contributed by atoms with Gasteiger partial charge in [0.2, 0.25) is 5.91 Å². The van der Waals surface area contributed by atoms with Gasteiger partial charge in [-0.3, -0.25) is 4.79 Å². The Morgan fingerprint density at radius 2 is 1.87 bits per heavy atom. The molecule has 2 aromatic rings. The summed E-state index contributed by atoms with van der Waals surface area (Å²) < 4.78 is 17.5. The van der Waals surface area contributed by atoms with Gasteiger partial charge in [-0.2, -0.15) is 0 Å². The molecule has 0 atom stereocenters. The lowest BCUT2D eigenvalue weighted by Crippen LogP contribution is -2.16. The maximum Gasteiger partial charge on any atom is 0.338 e. The van der Waals surface area contributed by atoms with Crippen LogP contribution in [0.15, 0.2) is 47.4 Å². The Morgan fingerprint density at radius 1 is 1.17 bits per heavy atom. The van der Waals surface area contributed by atoms with Gasteiger partial charge in [0.25, 0.3) is 0 Å². The Hall–Kier alpha value is -2.34. The van der Waals surface area contributed by atoms with Crippen molar-refractivity contribution in [2.45, 2.75) is 11.8 Å². The number of esters is 1. The first-order valence-electron chi connectivity index (χ1n) is 6.87. The number of halogens is 1. The standard InChI is InChI=1S/C17H16FNO3S/c1-11-14(17(21)22-2)4-3-5-15(11)19-16(20)10-23-13-8-6-12(18)7-9-13/h3-9H,10H2,1-2H3,(H,19,20). The van der Waals surface area contributed by atoms with Gasteiger partial charge < -0.3 is 10.1 Å². The molecule has 0 heterocycles. The van der Waals surface area contributed by atoms with E-state index in [4.69, 9.17) is 4.74 Å². The third-order valence-corrected chi connectivity index (χ3v) is 4.21. The topological polar surface area (TPSA) is 55.4 Å². The van der Waals surface area contributed by atoms with Crippen molar-refractivity contribution in [2.24, 2.45) is 0 Å². The number of anilines is 1. The molecule has 0 unspecified atom stereocenters. The highest BCUT2D eigenvalue weighted by Gasteiger charge is 2.13. The normalized spacial score (nSPS) is 10.2.